The standard InChI is InChI=1S/C20H31NO4/c1-8-20(25-14(6)7)16-9-17(13(4)5)21(10-12(2)3)18(22)15(16)11-24-19(20)23/h9,12-14H,8,10-11H2,1-7H3/t20-/m0/s1. The van der Waals surface area contributed by atoms with E-state index in [1.165, 1.54) is 0 Å². The number of nitrogens with zero attached hydrogens (tertiary/aromatic N) is 1. The lowest BCUT2D eigenvalue weighted by atomic mass is 9.84. The van der Waals surface area contributed by atoms with E-state index in [4.69, 9.17) is 9.47 Å². The molecule has 0 saturated carbocycles. The van der Waals surface area contributed by atoms with E-state index in [0.717, 1.165) is 5.69 Å². The van der Waals surface area contributed by atoms with Crippen LogP contribution >= 0.6 is 0 Å². The van der Waals surface area contributed by atoms with Crippen LogP contribution in [0, 0.1) is 5.92 Å². The summed E-state index contributed by atoms with van der Waals surface area (Å²) in [7, 11) is 0. The third-order valence-corrected chi connectivity index (χ3v) is 4.62. The maximum absolute atomic E-state index is 13.2. The summed E-state index contributed by atoms with van der Waals surface area (Å²) >= 11 is 0. The molecule has 0 aromatic carbocycles. The Morgan fingerprint density at radius 1 is 1.20 bits per heavy atom. The van der Waals surface area contributed by atoms with Gasteiger partial charge in [0.05, 0.1) is 11.7 Å². The van der Waals surface area contributed by atoms with Crippen LogP contribution < -0.4 is 5.56 Å². The van der Waals surface area contributed by atoms with Crippen molar-refractivity contribution in [2.24, 2.45) is 5.92 Å². The van der Waals surface area contributed by atoms with E-state index in [1.54, 1.807) is 0 Å². The minimum Gasteiger partial charge on any atom is -0.458 e. The summed E-state index contributed by atoms with van der Waals surface area (Å²) in [6.07, 6.45) is 0.279. The minimum atomic E-state index is -1.19. The molecule has 0 aliphatic carbocycles. The summed E-state index contributed by atoms with van der Waals surface area (Å²) in [5.74, 6) is 0.123. The number of aromatic nitrogens is 1. The van der Waals surface area contributed by atoms with E-state index in [2.05, 4.69) is 27.7 Å². The molecule has 140 valence electrons. The molecule has 0 amide bonds. The maximum atomic E-state index is 13.2. The van der Waals surface area contributed by atoms with Gasteiger partial charge in [0.25, 0.3) is 5.56 Å². The fourth-order valence-electron chi connectivity index (χ4n) is 3.54. The highest BCUT2D eigenvalue weighted by Crippen LogP contribution is 2.38. The number of pyridine rings is 1. The summed E-state index contributed by atoms with van der Waals surface area (Å²) in [5.41, 5.74) is 0.923. The van der Waals surface area contributed by atoms with Crippen molar-refractivity contribution in [1.82, 2.24) is 4.57 Å². The van der Waals surface area contributed by atoms with Crippen LogP contribution in [0.2, 0.25) is 0 Å². The molecule has 5 heteroatoms. The smallest absolute Gasteiger partial charge is 0.343 e. The van der Waals surface area contributed by atoms with Gasteiger partial charge in [0.15, 0.2) is 5.60 Å². The Bertz CT molecular complexity index is 702. The Hall–Kier alpha value is -1.62. The van der Waals surface area contributed by atoms with Gasteiger partial charge in [-0.05, 0) is 38.2 Å². The Morgan fingerprint density at radius 2 is 1.84 bits per heavy atom. The van der Waals surface area contributed by atoms with Crippen molar-refractivity contribution >= 4 is 5.97 Å². The van der Waals surface area contributed by atoms with E-state index < -0.39 is 11.6 Å². The number of rotatable bonds is 6. The van der Waals surface area contributed by atoms with Crippen LogP contribution in [0.3, 0.4) is 0 Å². The first-order valence-electron chi connectivity index (χ1n) is 9.26. The van der Waals surface area contributed by atoms with Crippen molar-refractivity contribution in [3.8, 4) is 0 Å². The Balaban J connectivity index is 2.78. The third kappa shape index (κ3) is 3.52. The second-order valence-corrected chi connectivity index (χ2v) is 7.85. The van der Waals surface area contributed by atoms with Crippen molar-refractivity contribution in [2.75, 3.05) is 0 Å². The first-order chi connectivity index (χ1) is 11.6. The Kier molecular flexibility index (Phi) is 5.77. The second-order valence-electron chi connectivity index (χ2n) is 7.85. The fraction of sp³-hybridized carbons (Fsp3) is 0.700. The number of carbonyl (C=O) groups excluding carboxylic acids is 1. The molecule has 0 radical (unpaired) electrons. The Labute approximate surface area is 150 Å². The van der Waals surface area contributed by atoms with Gasteiger partial charge < -0.3 is 14.0 Å². The van der Waals surface area contributed by atoms with Gasteiger partial charge in [-0.3, -0.25) is 4.79 Å². The van der Waals surface area contributed by atoms with Crippen LogP contribution in [0.25, 0.3) is 0 Å². The van der Waals surface area contributed by atoms with Crippen molar-refractivity contribution in [2.45, 2.75) is 85.7 Å². The van der Waals surface area contributed by atoms with Gasteiger partial charge in [0.1, 0.15) is 6.61 Å². The van der Waals surface area contributed by atoms with Crippen LogP contribution in [0.1, 0.15) is 77.6 Å². The maximum Gasteiger partial charge on any atom is 0.343 e. The lowest BCUT2D eigenvalue weighted by Gasteiger charge is -2.38. The molecular weight excluding hydrogens is 318 g/mol. The second kappa shape index (κ2) is 7.32. The summed E-state index contributed by atoms with van der Waals surface area (Å²) in [5, 5.41) is 0. The topological polar surface area (TPSA) is 57.5 Å². The monoisotopic (exact) mass is 349 g/mol. The molecule has 0 spiro atoms. The van der Waals surface area contributed by atoms with Crippen LogP contribution in [0.5, 0.6) is 0 Å². The normalized spacial score (nSPS) is 20.3. The molecule has 1 atom stereocenters. The third-order valence-electron chi connectivity index (χ3n) is 4.62. The number of carbonyl (C=O) groups is 1. The predicted molar refractivity (Wildman–Crippen MR) is 97.6 cm³/mol. The molecule has 5 nitrogen and oxygen atoms in total. The van der Waals surface area contributed by atoms with E-state index in [0.29, 0.717) is 30.0 Å². The van der Waals surface area contributed by atoms with Crippen molar-refractivity contribution < 1.29 is 14.3 Å². The first-order valence-corrected chi connectivity index (χ1v) is 9.26. The molecule has 1 aliphatic rings. The summed E-state index contributed by atoms with van der Waals surface area (Å²) in [4.78, 5) is 25.8. The van der Waals surface area contributed by atoms with Crippen molar-refractivity contribution in [3.05, 3.63) is 33.2 Å². The zero-order chi connectivity index (χ0) is 18.9. The van der Waals surface area contributed by atoms with E-state index in [-0.39, 0.29) is 24.2 Å². The molecule has 25 heavy (non-hydrogen) atoms. The fourth-order valence-corrected chi connectivity index (χ4v) is 3.54. The van der Waals surface area contributed by atoms with E-state index >= 15 is 0 Å². The number of hydrogen-bond donors (Lipinski definition) is 0. The molecule has 1 aliphatic heterocycles. The van der Waals surface area contributed by atoms with Gasteiger partial charge in [-0.2, -0.15) is 0 Å². The van der Waals surface area contributed by atoms with Gasteiger partial charge in [-0.1, -0.05) is 34.6 Å². The first kappa shape index (κ1) is 19.7. The quantitative estimate of drug-likeness (QED) is 0.735. The lowest BCUT2D eigenvalue weighted by Crippen LogP contribution is -2.48. The zero-order valence-corrected chi connectivity index (χ0v) is 16.5. The van der Waals surface area contributed by atoms with Gasteiger partial charge in [-0.25, -0.2) is 4.79 Å². The SMILES string of the molecule is CC[C@@]1(OC(C)C)C(=O)OCc2c1cc(C(C)C)n(CC(C)C)c2=O. The molecule has 2 heterocycles. The van der Waals surface area contributed by atoms with Crippen LogP contribution in [-0.4, -0.2) is 16.6 Å². The van der Waals surface area contributed by atoms with Gasteiger partial charge in [0, 0.05) is 17.8 Å². The van der Waals surface area contributed by atoms with Gasteiger partial charge >= 0.3 is 5.97 Å². The van der Waals surface area contributed by atoms with Crippen molar-refractivity contribution in [3.63, 3.8) is 0 Å². The van der Waals surface area contributed by atoms with Gasteiger partial charge in [0.2, 0.25) is 0 Å². The number of fused-ring (bicyclic) bond motifs is 1. The average Bonchev–Trinajstić information content (AvgIpc) is 2.51. The van der Waals surface area contributed by atoms with Crippen LogP contribution in [0.15, 0.2) is 10.9 Å². The molecular formula is C20H31NO4. The molecule has 0 N–H and O–H groups in total. The molecule has 1 aromatic heterocycles. The van der Waals surface area contributed by atoms with E-state index in [9.17, 15) is 9.59 Å². The summed E-state index contributed by atoms with van der Waals surface area (Å²) < 4.78 is 13.3. The minimum absolute atomic E-state index is 0.0205. The molecule has 2 rings (SSSR count). The molecule has 0 fully saturated rings. The number of ether oxygens (including phenoxy) is 2. The number of esters is 1. The van der Waals surface area contributed by atoms with Crippen LogP contribution in [-0.2, 0) is 33.0 Å². The largest absolute Gasteiger partial charge is 0.458 e. The molecule has 0 unspecified atom stereocenters. The lowest BCUT2D eigenvalue weighted by molar-refractivity contribution is -0.187. The highest BCUT2D eigenvalue weighted by atomic mass is 16.6. The highest BCUT2D eigenvalue weighted by Gasteiger charge is 2.48. The van der Waals surface area contributed by atoms with Gasteiger partial charge in [-0.15, -0.1) is 0 Å². The Morgan fingerprint density at radius 3 is 2.32 bits per heavy atom. The van der Waals surface area contributed by atoms with Crippen LogP contribution in [0.4, 0.5) is 0 Å². The van der Waals surface area contributed by atoms with E-state index in [1.807, 2.05) is 31.4 Å². The molecule has 0 saturated heterocycles. The molecule has 0 bridgehead atoms. The highest BCUT2D eigenvalue weighted by molar-refractivity contribution is 5.83. The predicted octanol–water partition coefficient (Wildman–Crippen LogP) is 3.71. The average molecular weight is 349 g/mol. The zero-order valence-electron chi connectivity index (χ0n) is 16.5. The summed E-state index contributed by atoms with van der Waals surface area (Å²) in [6, 6.07) is 2.00. The molecule has 1 aromatic rings. The van der Waals surface area contributed by atoms with Crippen molar-refractivity contribution in [1.29, 1.82) is 0 Å². The summed E-state index contributed by atoms with van der Waals surface area (Å²) in [6.45, 7) is 14.7. The number of hydrogen-bond acceptors (Lipinski definition) is 4. The number of cyclic esters (lactones) is 1.